The van der Waals surface area contributed by atoms with Crippen molar-refractivity contribution < 1.29 is 33.3 Å². The number of carbonyl (C=O) groups excluding carboxylic acids is 3. The van der Waals surface area contributed by atoms with Crippen LogP contribution in [0.5, 0.6) is 0 Å². The lowest BCUT2D eigenvalue weighted by molar-refractivity contribution is -0.167. The number of hydrogen-bond acceptors (Lipinski definition) is 7. The van der Waals surface area contributed by atoms with Crippen LogP contribution in [0.3, 0.4) is 0 Å². The van der Waals surface area contributed by atoms with E-state index in [1.807, 2.05) is 0 Å². The number of esters is 2. The molecule has 4 atom stereocenters. The molecule has 2 aliphatic heterocycles. The molecule has 20 heavy (non-hydrogen) atoms. The molecule has 2 saturated heterocycles. The molecule has 3 fully saturated rings. The van der Waals surface area contributed by atoms with Gasteiger partial charge in [0.25, 0.3) is 0 Å². The molecule has 1 aliphatic carbocycles. The zero-order valence-electron chi connectivity index (χ0n) is 11.3. The summed E-state index contributed by atoms with van der Waals surface area (Å²) in [5.74, 6) is -3.04. The van der Waals surface area contributed by atoms with E-state index in [0.717, 1.165) is 0 Å². The zero-order valence-corrected chi connectivity index (χ0v) is 11.3. The molecule has 3 aliphatic rings. The SMILES string of the molecule is CCOC(=O)C1(C(=O)OCC)[C@@H]2[C@H]3CO[C@H](O3)C(=O)[C@@H]21. The van der Waals surface area contributed by atoms with E-state index in [1.54, 1.807) is 13.8 Å². The van der Waals surface area contributed by atoms with Gasteiger partial charge in [0.2, 0.25) is 6.29 Å². The first-order valence-corrected chi connectivity index (χ1v) is 6.74. The van der Waals surface area contributed by atoms with Crippen molar-refractivity contribution in [3.8, 4) is 0 Å². The summed E-state index contributed by atoms with van der Waals surface area (Å²) in [6.07, 6.45) is -1.40. The Kier molecular flexibility index (Phi) is 3.06. The minimum Gasteiger partial charge on any atom is -0.465 e. The van der Waals surface area contributed by atoms with E-state index in [4.69, 9.17) is 18.9 Å². The highest BCUT2D eigenvalue weighted by Gasteiger charge is 2.84. The van der Waals surface area contributed by atoms with Gasteiger partial charge in [0, 0.05) is 5.92 Å². The van der Waals surface area contributed by atoms with Gasteiger partial charge in [0.15, 0.2) is 11.2 Å². The second-order valence-corrected chi connectivity index (χ2v) is 5.06. The molecule has 7 heteroatoms. The maximum absolute atomic E-state index is 12.3. The highest BCUT2D eigenvalue weighted by Crippen LogP contribution is 2.66. The lowest BCUT2D eigenvalue weighted by atomic mass is 9.99. The van der Waals surface area contributed by atoms with Crippen molar-refractivity contribution in [3.05, 3.63) is 0 Å². The van der Waals surface area contributed by atoms with Gasteiger partial charge in [-0.25, -0.2) is 0 Å². The summed E-state index contributed by atoms with van der Waals surface area (Å²) in [7, 11) is 0. The normalized spacial score (nSPS) is 36.2. The van der Waals surface area contributed by atoms with Crippen molar-refractivity contribution in [3.63, 3.8) is 0 Å². The van der Waals surface area contributed by atoms with Crippen LogP contribution in [0.2, 0.25) is 0 Å². The van der Waals surface area contributed by atoms with Crippen molar-refractivity contribution in [2.45, 2.75) is 26.2 Å². The predicted octanol–water partition coefficient (Wildman–Crippen LogP) is -0.331. The number of ketones is 1. The molecule has 0 aromatic heterocycles. The van der Waals surface area contributed by atoms with Gasteiger partial charge in [0.05, 0.1) is 31.8 Å². The molecule has 0 unspecified atom stereocenters. The fourth-order valence-corrected chi connectivity index (χ4v) is 3.34. The van der Waals surface area contributed by atoms with Crippen LogP contribution in [-0.4, -0.2) is 49.9 Å². The van der Waals surface area contributed by atoms with Gasteiger partial charge in [0.1, 0.15) is 0 Å². The molecular formula is C13H16O7. The number of rotatable bonds is 4. The average molecular weight is 284 g/mol. The molecule has 0 radical (unpaired) electrons. The number of Topliss-reactive ketones (excluding diaryl/α,β-unsaturated/α-hetero) is 1. The Balaban J connectivity index is 1.95. The van der Waals surface area contributed by atoms with Gasteiger partial charge in [-0.05, 0) is 13.8 Å². The summed E-state index contributed by atoms with van der Waals surface area (Å²) in [4.78, 5) is 36.7. The molecular weight excluding hydrogens is 268 g/mol. The summed E-state index contributed by atoms with van der Waals surface area (Å²) in [5.41, 5.74) is -1.54. The van der Waals surface area contributed by atoms with Crippen LogP contribution in [0.4, 0.5) is 0 Å². The van der Waals surface area contributed by atoms with E-state index in [1.165, 1.54) is 0 Å². The lowest BCUT2D eigenvalue weighted by Crippen LogP contribution is -2.36. The monoisotopic (exact) mass is 284 g/mol. The Morgan fingerprint density at radius 2 is 1.85 bits per heavy atom. The van der Waals surface area contributed by atoms with Gasteiger partial charge in [-0.3, -0.25) is 14.4 Å². The van der Waals surface area contributed by atoms with Crippen LogP contribution in [0.15, 0.2) is 0 Å². The third-order valence-corrected chi connectivity index (χ3v) is 4.14. The predicted molar refractivity (Wildman–Crippen MR) is 62.3 cm³/mol. The Bertz CT molecular complexity index is 453. The van der Waals surface area contributed by atoms with Crippen molar-refractivity contribution in [2.75, 3.05) is 19.8 Å². The third kappa shape index (κ3) is 1.50. The molecule has 1 saturated carbocycles. The maximum Gasteiger partial charge on any atom is 0.324 e. The molecule has 0 aromatic carbocycles. The quantitative estimate of drug-likeness (QED) is 0.516. The topological polar surface area (TPSA) is 88.1 Å². The number of fused-ring (bicyclic) bond motifs is 4. The van der Waals surface area contributed by atoms with Crippen LogP contribution < -0.4 is 0 Å². The maximum atomic E-state index is 12.3. The highest BCUT2D eigenvalue weighted by molar-refractivity contribution is 6.12. The van der Waals surface area contributed by atoms with Gasteiger partial charge in [-0.15, -0.1) is 0 Å². The molecule has 110 valence electrons. The minimum atomic E-state index is -1.54. The van der Waals surface area contributed by atoms with Gasteiger partial charge in [-0.1, -0.05) is 0 Å². The van der Waals surface area contributed by atoms with E-state index in [2.05, 4.69) is 0 Å². The summed E-state index contributed by atoms with van der Waals surface area (Å²) in [5, 5.41) is 0. The van der Waals surface area contributed by atoms with Crippen LogP contribution in [0.1, 0.15) is 13.8 Å². The van der Waals surface area contributed by atoms with Crippen LogP contribution in [0, 0.1) is 17.3 Å². The van der Waals surface area contributed by atoms with E-state index >= 15 is 0 Å². The van der Waals surface area contributed by atoms with E-state index in [0.29, 0.717) is 0 Å². The van der Waals surface area contributed by atoms with Gasteiger partial charge >= 0.3 is 11.9 Å². The first kappa shape index (κ1) is 13.5. The smallest absolute Gasteiger partial charge is 0.324 e. The van der Waals surface area contributed by atoms with Crippen molar-refractivity contribution in [1.82, 2.24) is 0 Å². The second kappa shape index (κ2) is 4.53. The summed E-state index contributed by atoms with van der Waals surface area (Å²) in [6, 6.07) is 0. The fraction of sp³-hybridized carbons (Fsp3) is 0.769. The molecule has 0 N–H and O–H groups in total. The van der Waals surface area contributed by atoms with Crippen LogP contribution >= 0.6 is 0 Å². The number of hydrogen-bond donors (Lipinski definition) is 0. The Hall–Kier alpha value is -1.47. The highest BCUT2D eigenvalue weighted by atomic mass is 16.7. The van der Waals surface area contributed by atoms with Crippen molar-refractivity contribution in [1.29, 1.82) is 0 Å². The lowest BCUT2D eigenvalue weighted by Gasteiger charge is -2.16. The molecule has 0 spiro atoms. The first-order valence-electron chi connectivity index (χ1n) is 6.74. The Morgan fingerprint density at radius 1 is 1.25 bits per heavy atom. The van der Waals surface area contributed by atoms with Gasteiger partial charge < -0.3 is 18.9 Å². The first-order chi connectivity index (χ1) is 9.58. The summed E-state index contributed by atoms with van der Waals surface area (Å²) < 4.78 is 20.6. The van der Waals surface area contributed by atoms with Gasteiger partial charge in [-0.2, -0.15) is 0 Å². The van der Waals surface area contributed by atoms with E-state index < -0.39 is 41.6 Å². The average Bonchev–Trinajstić information content (AvgIpc) is 2.95. The zero-order chi connectivity index (χ0) is 14.5. The van der Waals surface area contributed by atoms with E-state index in [9.17, 15) is 14.4 Å². The minimum absolute atomic E-state index is 0.138. The number of ether oxygens (including phenoxy) is 4. The van der Waals surface area contributed by atoms with Crippen molar-refractivity contribution >= 4 is 17.7 Å². The Morgan fingerprint density at radius 3 is 2.40 bits per heavy atom. The van der Waals surface area contributed by atoms with Crippen LogP contribution in [0.25, 0.3) is 0 Å². The molecule has 0 aromatic rings. The molecule has 3 rings (SSSR count). The Labute approximate surface area is 115 Å². The molecule has 2 bridgehead atoms. The standard InChI is InChI=1S/C13H16O7/c1-3-17-11(15)13(12(16)18-4-2)7-6-5-19-10(20-6)9(14)8(7)13/h6-8,10H,3-5H2,1-2H3/t6-,7-,8-,10-/m1/s1. The molecule has 2 heterocycles. The van der Waals surface area contributed by atoms with Crippen LogP contribution in [-0.2, 0) is 33.3 Å². The fourth-order valence-electron chi connectivity index (χ4n) is 3.34. The molecule has 0 amide bonds. The number of carbonyl (C=O) groups is 3. The largest absolute Gasteiger partial charge is 0.465 e. The van der Waals surface area contributed by atoms with E-state index in [-0.39, 0.29) is 25.6 Å². The summed E-state index contributed by atoms with van der Waals surface area (Å²) in [6.45, 7) is 3.78. The van der Waals surface area contributed by atoms with Crippen molar-refractivity contribution in [2.24, 2.45) is 17.3 Å². The summed E-state index contributed by atoms with van der Waals surface area (Å²) >= 11 is 0. The molecule has 7 nitrogen and oxygen atoms in total. The third-order valence-electron chi connectivity index (χ3n) is 4.14. The second-order valence-electron chi connectivity index (χ2n) is 5.06.